The molecule has 1 heterocycles. The van der Waals surface area contributed by atoms with E-state index in [1.165, 1.54) is 6.07 Å². The number of pyridine rings is 1. The summed E-state index contributed by atoms with van der Waals surface area (Å²) < 4.78 is 0. The van der Waals surface area contributed by atoms with Crippen molar-refractivity contribution in [2.45, 2.75) is 6.92 Å². The molecule has 110 valence electrons. The van der Waals surface area contributed by atoms with Crippen molar-refractivity contribution in [3.05, 3.63) is 51.1 Å². The molecule has 2 aromatic rings. The van der Waals surface area contributed by atoms with Gasteiger partial charge in [-0.15, -0.1) is 0 Å². The quantitative estimate of drug-likeness (QED) is 0.789. The molecule has 0 aliphatic heterocycles. The molecule has 1 aromatic heterocycles. The average Bonchev–Trinajstić information content (AvgIpc) is 2.37. The standard InChI is InChI=1S/C14H12Cl3N3O/c1-2-18-13-4-8(3-12(17)20-13)14(21)19-11-6-9(15)5-10(16)7-11/h3-7H,2H2,1H3,(H,18,20)(H,19,21). The van der Waals surface area contributed by atoms with Crippen LogP contribution in [0.1, 0.15) is 17.3 Å². The highest BCUT2D eigenvalue weighted by Gasteiger charge is 2.10. The molecule has 0 spiro atoms. The van der Waals surface area contributed by atoms with E-state index in [9.17, 15) is 4.79 Å². The zero-order valence-electron chi connectivity index (χ0n) is 11.1. The Bertz CT molecular complexity index is 656. The first kappa shape index (κ1) is 15.9. The van der Waals surface area contributed by atoms with Gasteiger partial charge in [0.25, 0.3) is 5.91 Å². The third kappa shape index (κ3) is 4.49. The molecule has 0 aliphatic carbocycles. The fraction of sp³-hybridized carbons (Fsp3) is 0.143. The van der Waals surface area contributed by atoms with Crippen LogP contribution in [0.15, 0.2) is 30.3 Å². The van der Waals surface area contributed by atoms with E-state index in [-0.39, 0.29) is 11.1 Å². The second-order valence-corrected chi connectivity index (χ2v) is 5.47. The van der Waals surface area contributed by atoms with Crippen LogP contribution in [0.4, 0.5) is 11.5 Å². The Morgan fingerprint density at radius 1 is 1.10 bits per heavy atom. The Morgan fingerprint density at radius 2 is 1.76 bits per heavy atom. The number of carbonyl (C=O) groups is 1. The van der Waals surface area contributed by atoms with Gasteiger partial charge in [-0.3, -0.25) is 4.79 Å². The second-order valence-electron chi connectivity index (χ2n) is 4.21. The van der Waals surface area contributed by atoms with Crippen LogP contribution in [0, 0.1) is 0 Å². The predicted molar refractivity (Wildman–Crippen MR) is 87.8 cm³/mol. The lowest BCUT2D eigenvalue weighted by Crippen LogP contribution is -2.13. The summed E-state index contributed by atoms with van der Waals surface area (Å²) in [4.78, 5) is 16.3. The van der Waals surface area contributed by atoms with Crippen molar-refractivity contribution in [3.63, 3.8) is 0 Å². The van der Waals surface area contributed by atoms with Crippen molar-refractivity contribution in [1.29, 1.82) is 0 Å². The first-order valence-corrected chi connectivity index (χ1v) is 7.30. The van der Waals surface area contributed by atoms with Crippen LogP contribution < -0.4 is 10.6 Å². The molecule has 1 amide bonds. The molecule has 7 heteroatoms. The van der Waals surface area contributed by atoms with Gasteiger partial charge >= 0.3 is 0 Å². The Labute approximate surface area is 137 Å². The van der Waals surface area contributed by atoms with Gasteiger partial charge in [-0.05, 0) is 37.3 Å². The maximum absolute atomic E-state index is 12.2. The van der Waals surface area contributed by atoms with E-state index >= 15 is 0 Å². The van der Waals surface area contributed by atoms with Gasteiger partial charge in [-0.25, -0.2) is 4.98 Å². The number of rotatable bonds is 4. The molecular weight excluding hydrogens is 333 g/mol. The van der Waals surface area contributed by atoms with Crippen LogP contribution >= 0.6 is 34.8 Å². The van der Waals surface area contributed by atoms with Gasteiger partial charge in [0.2, 0.25) is 0 Å². The molecular formula is C14H12Cl3N3O. The Kier molecular flexibility index (Phi) is 5.28. The fourth-order valence-corrected chi connectivity index (χ4v) is 2.46. The van der Waals surface area contributed by atoms with Crippen LogP contribution in [-0.4, -0.2) is 17.4 Å². The lowest BCUT2D eigenvalue weighted by molar-refractivity contribution is 0.102. The van der Waals surface area contributed by atoms with E-state index in [0.717, 1.165) is 0 Å². The zero-order valence-corrected chi connectivity index (χ0v) is 13.4. The number of anilines is 2. The maximum atomic E-state index is 12.2. The number of benzene rings is 1. The SMILES string of the molecule is CCNc1cc(C(=O)Nc2cc(Cl)cc(Cl)c2)cc(Cl)n1. The first-order valence-electron chi connectivity index (χ1n) is 6.17. The first-order chi connectivity index (χ1) is 9.97. The van der Waals surface area contributed by atoms with Gasteiger partial charge in [-0.1, -0.05) is 34.8 Å². The highest BCUT2D eigenvalue weighted by molar-refractivity contribution is 6.35. The summed E-state index contributed by atoms with van der Waals surface area (Å²) in [5.41, 5.74) is 0.900. The van der Waals surface area contributed by atoms with Crippen molar-refractivity contribution in [1.82, 2.24) is 4.98 Å². The van der Waals surface area contributed by atoms with Crippen LogP contribution in [0.5, 0.6) is 0 Å². The van der Waals surface area contributed by atoms with Gasteiger partial charge in [-0.2, -0.15) is 0 Å². The Balaban J connectivity index is 2.23. The van der Waals surface area contributed by atoms with Gasteiger partial charge in [0.15, 0.2) is 0 Å². The van der Waals surface area contributed by atoms with Crippen molar-refractivity contribution in [3.8, 4) is 0 Å². The van der Waals surface area contributed by atoms with E-state index in [2.05, 4.69) is 15.6 Å². The van der Waals surface area contributed by atoms with Crippen LogP contribution in [-0.2, 0) is 0 Å². The highest BCUT2D eigenvalue weighted by Crippen LogP contribution is 2.23. The number of hydrogen-bond acceptors (Lipinski definition) is 3. The van der Waals surface area contributed by atoms with Gasteiger partial charge in [0.05, 0.1) is 0 Å². The van der Waals surface area contributed by atoms with Crippen molar-refractivity contribution >= 4 is 52.2 Å². The fourth-order valence-electron chi connectivity index (χ4n) is 1.73. The summed E-state index contributed by atoms with van der Waals surface area (Å²) in [6.07, 6.45) is 0. The summed E-state index contributed by atoms with van der Waals surface area (Å²) in [5, 5.41) is 6.85. The summed E-state index contributed by atoms with van der Waals surface area (Å²) in [7, 11) is 0. The summed E-state index contributed by atoms with van der Waals surface area (Å²) in [6.45, 7) is 2.61. The summed E-state index contributed by atoms with van der Waals surface area (Å²) >= 11 is 17.7. The minimum atomic E-state index is -0.322. The molecule has 0 saturated carbocycles. The minimum Gasteiger partial charge on any atom is -0.370 e. The van der Waals surface area contributed by atoms with Crippen molar-refractivity contribution < 1.29 is 4.79 Å². The third-order valence-corrected chi connectivity index (χ3v) is 3.16. The predicted octanol–water partition coefficient (Wildman–Crippen LogP) is 4.73. The topological polar surface area (TPSA) is 54.0 Å². The monoisotopic (exact) mass is 343 g/mol. The number of nitrogens with one attached hydrogen (secondary N) is 2. The van der Waals surface area contributed by atoms with E-state index in [1.54, 1.807) is 24.3 Å². The molecule has 2 N–H and O–H groups in total. The van der Waals surface area contributed by atoms with E-state index in [0.29, 0.717) is 33.7 Å². The minimum absolute atomic E-state index is 0.239. The highest BCUT2D eigenvalue weighted by atomic mass is 35.5. The van der Waals surface area contributed by atoms with Gasteiger partial charge in [0, 0.05) is 27.8 Å². The molecule has 0 atom stereocenters. The molecule has 0 saturated heterocycles. The van der Waals surface area contributed by atoms with Gasteiger partial charge in [0.1, 0.15) is 11.0 Å². The lowest BCUT2D eigenvalue weighted by atomic mass is 10.2. The van der Waals surface area contributed by atoms with E-state index < -0.39 is 0 Å². The van der Waals surface area contributed by atoms with Crippen LogP contribution in [0.25, 0.3) is 0 Å². The second kappa shape index (κ2) is 6.98. The number of hydrogen-bond donors (Lipinski definition) is 2. The molecule has 4 nitrogen and oxygen atoms in total. The molecule has 0 radical (unpaired) electrons. The van der Waals surface area contributed by atoms with E-state index in [1.807, 2.05) is 6.92 Å². The summed E-state index contributed by atoms with van der Waals surface area (Å²) in [5.74, 6) is 0.219. The van der Waals surface area contributed by atoms with Gasteiger partial charge < -0.3 is 10.6 Å². The number of halogens is 3. The number of carbonyl (C=O) groups excluding carboxylic acids is 1. The largest absolute Gasteiger partial charge is 0.370 e. The molecule has 21 heavy (non-hydrogen) atoms. The smallest absolute Gasteiger partial charge is 0.255 e. The average molecular weight is 345 g/mol. The Morgan fingerprint density at radius 3 is 2.38 bits per heavy atom. The number of amides is 1. The molecule has 0 bridgehead atoms. The van der Waals surface area contributed by atoms with Crippen molar-refractivity contribution in [2.75, 3.05) is 17.2 Å². The molecule has 0 fully saturated rings. The number of nitrogens with zero attached hydrogens (tertiary/aromatic N) is 1. The molecule has 0 aliphatic rings. The number of aromatic nitrogens is 1. The maximum Gasteiger partial charge on any atom is 0.255 e. The molecule has 0 unspecified atom stereocenters. The normalized spacial score (nSPS) is 10.3. The zero-order chi connectivity index (χ0) is 15.4. The Hall–Kier alpha value is -1.49. The summed E-state index contributed by atoms with van der Waals surface area (Å²) in [6, 6.07) is 7.92. The van der Waals surface area contributed by atoms with Crippen LogP contribution in [0.3, 0.4) is 0 Å². The van der Waals surface area contributed by atoms with E-state index in [4.69, 9.17) is 34.8 Å². The van der Waals surface area contributed by atoms with Crippen molar-refractivity contribution in [2.24, 2.45) is 0 Å². The molecule has 1 aromatic carbocycles. The lowest BCUT2D eigenvalue weighted by Gasteiger charge is -2.09. The van der Waals surface area contributed by atoms with Crippen LogP contribution in [0.2, 0.25) is 15.2 Å². The third-order valence-electron chi connectivity index (χ3n) is 2.53. The molecule has 2 rings (SSSR count).